The number of halogens is 1. The highest BCUT2D eigenvalue weighted by Gasteiger charge is 2.35. The summed E-state index contributed by atoms with van der Waals surface area (Å²) in [6.45, 7) is 2.61. The molecule has 0 saturated heterocycles. The van der Waals surface area contributed by atoms with Crippen LogP contribution >= 0.6 is 11.6 Å². The third kappa shape index (κ3) is 8.64. The molecule has 9 nitrogen and oxygen atoms in total. The van der Waals surface area contributed by atoms with Gasteiger partial charge in [-0.2, -0.15) is 0 Å². The van der Waals surface area contributed by atoms with Gasteiger partial charge in [-0.1, -0.05) is 85.6 Å². The highest BCUT2D eigenvalue weighted by Crippen LogP contribution is 2.36. The molecule has 0 unspecified atom stereocenters. The SMILES string of the molecule is CCCCNC(=O)[C@@H](Cc1ccccc1)N(Cc1cccc(Cl)c1)C(=O)CN(c1ccc2c(c1)OCCO2)S(=O)(=O)c1ccccc1. The number of unbranched alkanes of at least 4 members (excludes halogenated alkanes) is 1. The van der Waals surface area contributed by atoms with Crippen molar-refractivity contribution in [1.82, 2.24) is 10.2 Å². The average Bonchev–Trinajstić information content (AvgIpc) is 3.09. The summed E-state index contributed by atoms with van der Waals surface area (Å²) >= 11 is 6.32. The van der Waals surface area contributed by atoms with Crippen LogP contribution in [0, 0.1) is 0 Å². The van der Waals surface area contributed by atoms with Crippen LogP contribution in [0.4, 0.5) is 5.69 Å². The smallest absolute Gasteiger partial charge is 0.264 e. The Bertz CT molecular complexity index is 1770. The fourth-order valence-electron chi connectivity index (χ4n) is 5.33. The molecule has 4 aromatic rings. The number of hydrogen-bond acceptors (Lipinski definition) is 6. The lowest BCUT2D eigenvalue weighted by Gasteiger charge is -2.34. The second-order valence-electron chi connectivity index (χ2n) is 11.2. The summed E-state index contributed by atoms with van der Waals surface area (Å²) in [7, 11) is -4.24. The summed E-state index contributed by atoms with van der Waals surface area (Å²) in [5.41, 5.74) is 1.77. The lowest BCUT2D eigenvalue weighted by molar-refractivity contribution is -0.140. The number of anilines is 1. The van der Waals surface area contributed by atoms with E-state index in [1.807, 2.05) is 43.3 Å². The number of rotatable bonds is 14. The molecule has 47 heavy (non-hydrogen) atoms. The van der Waals surface area contributed by atoms with Crippen molar-refractivity contribution in [3.8, 4) is 11.5 Å². The molecule has 246 valence electrons. The Morgan fingerprint density at radius 1 is 0.851 bits per heavy atom. The van der Waals surface area contributed by atoms with Crippen molar-refractivity contribution < 1.29 is 27.5 Å². The number of carbonyl (C=O) groups excluding carboxylic acids is 2. The molecule has 2 amide bonds. The molecule has 5 rings (SSSR count). The van der Waals surface area contributed by atoms with Gasteiger partial charge in [-0.3, -0.25) is 13.9 Å². The van der Waals surface area contributed by atoms with Crippen LogP contribution in [0.25, 0.3) is 0 Å². The van der Waals surface area contributed by atoms with E-state index >= 15 is 0 Å². The van der Waals surface area contributed by atoms with E-state index < -0.39 is 28.5 Å². The number of sulfonamides is 1. The molecule has 1 aliphatic heterocycles. The molecule has 1 aliphatic rings. The standard InChI is InChI=1S/C36H38ClN3O6S/c1-2-3-19-38-36(42)32(23-27-11-6-4-7-12-27)39(25-28-13-10-14-29(37)22-28)35(41)26-40(47(43,44)31-15-8-5-9-16-31)30-17-18-33-34(24-30)46-21-20-45-33/h4-18,22,24,32H,2-3,19-21,23,25-26H2,1H3,(H,38,42)/t32-/m1/s1. The van der Waals surface area contributed by atoms with Crippen LogP contribution in [0.2, 0.25) is 5.02 Å². The Balaban J connectivity index is 1.57. The quantitative estimate of drug-likeness (QED) is 0.168. The van der Waals surface area contributed by atoms with Crippen LogP contribution in [-0.2, 0) is 32.6 Å². The summed E-state index contributed by atoms with van der Waals surface area (Å²) in [4.78, 5) is 29.9. The summed E-state index contributed by atoms with van der Waals surface area (Å²) in [5.74, 6) is -0.0273. The van der Waals surface area contributed by atoms with Crippen molar-refractivity contribution in [2.24, 2.45) is 0 Å². The molecule has 0 aliphatic carbocycles. The van der Waals surface area contributed by atoms with Crippen LogP contribution in [0.3, 0.4) is 0 Å². The first-order valence-corrected chi connectivity index (χ1v) is 17.4. The number of carbonyl (C=O) groups is 2. The number of benzene rings is 4. The van der Waals surface area contributed by atoms with Gasteiger partial charge >= 0.3 is 0 Å². The number of nitrogens with one attached hydrogen (secondary N) is 1. The second kappa shape index (κ2) is 15.8. The molecule has 1 heterocycles. The van der Waals surface area contributed by atoms with Gasteiger partial charge in [0.05, 0.1) is 10.6 Å². The zero-order valence-electron chi connectivity index (χ0n) is 26.2. The summed E-state index contributed by atoms with van der Waals surface area (Å²) in [6, 6.07) is 28.2. The monoisotopic (exact) mass is 675 g/mol. The normalized spacial score (nSPS) is 13.0. The van der Waals surface area contributed by atoms with Crippen LogP contribution in [0.1, 0.15) is 30.9 Å². The average molecular weight is 676 g/mol. The number of fused-ring (bicyclic) bond motifs is 1. The zero-order valence-corrected chi connectivity index (χ0v) is 27.8. The molecule has 0 radical (unpaired) electrons. The zero-order chi connectivity index (χ0) is 33.2. The van der Waals surface area contributed by atoms with Crippen LogP contribution in [-0.4, -0.2) is 57.5 Å². The van der Waals surface area contributed by atoms with Crippen molar-refractivity contribution in [3.63, 3.8) is 0 Å². The third-order valence-corrected chi connectivity index (χ3v) is 9.79. The minimum absolute atomic E-state index is 0.0159. The van der Waals surface area contributed by atoms with Gasteiger partial charge in [0.15, 0.2) is 11.5 Å². The van der Waals surface area contributed by atoms with E-state index in [2.05, 4.69) is 5.32 Å². The lowest BCUT2D eigenvalue weighted by atomic mass is 10.0. The predicted molar refractivity (Wildman–Crippen MR) is 182 cm³/mol. The van der Waals surface area contributed by atoms with Gasteiger partial charge in [-0.05, 0) is 53.9 Å². The molecule has 11 heteroatoms. The van der Waals surface area contributed by atoms with Crippen molar-refractivity contribution in [3.05, 3.63) is 119 Å². The second-order valence-corrected chi connectivity index (χ2v) is 13.5. The Morgan fingerprint density at radius 3 is 2.23 bits per heavy atom. The largest absolute Gasteiger partial charge is 0.486 e. The van der Waals surface area contributed by atoms with Crippen LogP contribution < -0.4 is 19.1 Å². The lowest BCUT2D eigenvalue weighted by Crippen LogP contribution is -2.53. The third-order valence-electron chi connectivity index (χ3n) is 7.77. The fourth-order valence-corrected chi connectivity index (χ4v) is 6.97. The van der Waals surface area contributed by atoms with E-state index in [-0.39, 0.29) is 29.5 Å². The van der Waals surface area contributed by atoms with Crippen LogP contribution in [0.5, 0.6) is 11.5 Å². The highest BCUT2D eigenvalue weighted by atomic mass is 35.5. The maximum atomic E-state index is 14.6. The first kappa shape index (κ1) is 33.8. The number of amides is 2. The molecule has 0 bridgehead atoms. The number of ether oxygens (including phenoxy) is 2. The predicted octanol–water partition coefficient (Wildman–Crippen LogP) is 5.86. The molecule has 1 N–H and O–H groups in total. The van der Waals surface area contributed by atoms with E-state index in [0.717, 1.165) is 22.7 Å². The molecular weight excluding hydrogens is 638 g/mol. The Labute approximate surface area is 281 Å². The van der Waals surface area contributed by atoms with Gasteiger partial charge in [0.25, 0.3) is 10.0 Å². The van der Waals surface area contributed by atoms with Gasteiger partial charge in [-0.15, -0.1) is 0 Å². The number of nitrogens with zero attached hydrogens (tertiary/aromatic N) is 2. The van der Waals surface area contributed by atoms with Crippen LogP contribution in [0.15, 0.2) is 108 Å². The molecule has 0 spiro atoms. The maximum Gasteiger partial charge on any atom is 0.264 e. The maximum absolute atomic E-state index is 14.6. The van der Waals surface area contributed by atoms with Gasteiger partial charge in [0, 0.05) is 30.6 Å². The first-order chi connectivity index (χ1) is 22.8. The van der Waals surface area contributed by atoms with E-state index in [1.54, 1.807) is 54.6 Å². The molecule has 4 aromatic carbocycles. The Morgan fingerprint density at radius 2 is 1.53 bits per heavy atom. The van der Waals surface area contributed by atoms with Gasteiger partial charge in [-0.25, -0.2) is 8.42 Å². The Hall–Kier alpha value is -4.54. The van der Waals surface area contributed by atoms with E-state index in [9.17, 15) is 18.0 Å². The highest BCUT2D eigenvalue weighted by molar-refractivity contribution is 7.92. The van der Waals surface area contributed by atoms with Crippen molar-refractivity contribution in [1.29, 1.82) is 0 Å². The topological polar surface area (TPSA) is 105 Å². The fraction of sp³-hybridized carbons (Fsp3) is 0.278. The van der Waals surface area contributed by atoms with E-state index in [1.165, 1.54) is 17.0 Å². The minimum Gasteiger partial charge on any atom is -0.486 e. The minimum atomic E-state index is -4.24. The van der Waals surface area contributed by atoms with Crippen molar-refractivity contribution >= 4 is 39.1 Å². The van der Waals surface area contributed by atoms with Crippen molar-refractivity contribution in [2.75, 3.05) is 30.6 Å². The number of hydrogen-bond donors (Lipinski definition) is 1. The first-order valence-electron chi connectivity index (χ1n) is 15.6. The molecular formula is C36H38ClN3O6S. The molecule has 0 aromatic heterocycles. The van der Waals surface area contributed by atoms with Gasteiger partial charge < -0.3 is 19.7 Å². The Kier molecular flexibility index (Phi) is 11.4. The molecule has 1 atom stereocenters. The van der Waals surface area contributed by atoms with E-state index in [0.29, 0.717) is 41.8 Å². The summed E-state index contributed by atoms with van der Waals surface area (Å²) < 4.78 is 40.9. The van der Waals surface area contributed by atoms with Gasteiger partial charge in [0.1, 0.15) is 25.8 Å². The van der Waals surface area contributed by atoms with Crippen molar-refractivity contribution in [2.45, 2.75) is 43.7 Å². The van der Waals surface area contributed by atoms with E-state index in [4.69, 9.17) is 21.1 Å². The summed E-state index contributed by atoms with van der Waals surface area (Å²) in [6.07, 6.45) is 1.89. The van der Waals surface area contributed by atoms with Gasteiger partial charge in [0.2, 0.25) is 11.8 Å². The molecule has 0 fully saturated rings. The molecule has 0 saturated carbocycles. The summed E-state index contributed by atoms with van der Waals surface area (Å²) in [5, 5.41) is 3.47.